The highest BCUT2D eigenvalue weighted by atomic mass is 79.9. The minimum atomic E-state index is -0.466. The SMILES string of the molecule is Cc1cc(Nc2ncc(Br)cc2[N+](=O)[O-])ccc1Br. The molecule has 5 nitrogen and oxygen atoms in total. The van der Waals surface area contributed by atoms with Gasteiger partial charge < -0.3 is 5.32 Å². The molecule has 0 fully saturated rings. The van der Waals surface area contributed by atoms with Gasteiger partial charge >= 0.3 is 5.69 Å². The molecule has 0 aliphatic rings. The topological polar surface area (TPSA) is 68.1 Å². The van der Waals surface area contributed by atoms with Crippen molar-refractivity contribution < 1.29 is 4.92 Å². The van der Waals surface area contributed by atoms with Crippen LogP contribution in [0.3, 0.4) is 0 Å². The number of hydrogen-bond acceptors (Lipinski definition) is 4. The highest BCUT2D eigenvalue weighted by Crippen LogP contribution is 2.29. The van der Waals surface area contributed by atoms with Gasteiger partial charge in [-0.2, -0.15) is 0 Å². The molecule has 1 aromatic carbocycles. The van der Waals surface area contributed by atoms with Crippen LogP contribution in [0.15, 0.2) is 39.4 Å². The van der Waals surface area contributed by atoms with E-state index in [1.807, 2.05) is 25.1 Å². The van der Waals surface area contributed by atoms with E-state index < -0.39 is 4.92 Å². The Bertz CT molecular complexity index is 647. The van der Waals surface area contributed by atoms with Crippen molar-refractivity contribution >= 4 is 49.1 Å². The van der Waals surface area contributed by atoms with Crippen molar-refractivity contribution in [3.05, 3.63) is 55.1 Å². The number of nitrogens with zero attached hydrogens (tertiary/aromatic N) is 2. The Labute approximate surface area is 126 Å². The van der Waals surface area contributed by atoms with Crippen LogP contribution in [0.5, 0.6) is 0 Å². The van der Waals surface area contributed by atoms with Crippen molar-refractivity contribution in [2.75, 3.05) is 5.32 Å². The molecule has 0 bridgehead atoms. The van der Waals surface area contributed by atoms with Gasteiger partial charge in [0.2, 0.25) is 5.82 Å². The maximum absolute atomic E-state index is 11.0. The fourth-order valence-corrected chi connectivity index (χ4v) is 2.09. The summed E-state index contributed by atoms with van der Waals surface area (Å²) in [7, 11) is 0. The quantitative estimate of drug-likeness (QED) is 0.619. The highest BCUT2D eigenvalue weighted by Gasteiger charge is 2.16. The van der Waals surface area contributed by atoms with E-state index in [9.17, 15) is 10.1 Å². The van der Waals surface area contributed by atoms with Crippen LogP contribution in [-0.4, -0.2) is 9.91 Å². The van der Waals surface area contributed by atoms with E-state index in [1.165, 1.54) is 12.3 Å². The third-order valence-electron chi connectivity index (χ3n) is 2.45. The number of nitro groups is 1. The first-order chi connectivity index (χ1) is 8.97. The van der Waals surface area contributed by atoms with E-state index in [1.54, 1.807) is 0 Å². The third kappa shape index (κ3) is 3.30. The molecule has 1 N–H and O–H groups in total. The molecular formula is C12H9Br2N3O2. The molecule has 7 heteroatoms. The van der Waals surface area contributed by atoms with Crippen molar-refractivity contribution in [1.29, 1.82) is 0 Å². The van der Waals surface area contributed by atoms with Crippen molar-refractivity contribution in [2.24, 2.45) is 0 Å². The number of aromatic nitrogens is 1. The molecule has 0 radical (unpaired) electrons. The van der Waals surface area contributed by atoms with Crippen LogP contribution in [0.25, 0.3) is 0 Å². The number of nitrogens with one attached hydrogen (secondary N) is 1. The molecule has 0 saturated carbocycles. The van der Waals surface area contributed by atoms with E-state index in [0.717, 1.165) is 15.7 Å². The van der Waals surface area contributed by atoms with Gasteiger partial charge in [0.05, 0.1) is 4.92 Å². The summed E-state index contributed by atoms with van der Waals surface area (Å²) in [5, 5.41) is 13.9. The second-order valence-electron chi connectivity index (χ2n) is 3.87. The number of anilines is 2. The van der Waals surface area contributed by atoms with E-state index in [4.69, 9.17) is 0 Å². The zero-order valence-corrected chi connectivity index (χ0v) is 13.0. The van der Waals surface area contributed by atoms with E-state index in [2.05, 4.69) is 42.2 Å². The molecule has 2 rings (SSSR count). The molecule has 0 aliphatic carbocycles. The van der Waals surface area contributed by atoms with Gasteiger partial charge in [-0.25, -0.2) is 4.98 Å². The summed E-state index contributed by atoms with van der Waals surface area (Å²) in [5.41, 5.74) is 1.71. The number of rotatable bonds is 3. The summed E-state index contributed by atoms with van der Waals surface area (Å²) in [4.78, 5) is 14.6. The lowest BCUT2D eigenvalue weighted by molar-refractivity contribution is -0.384. The molecule has 0 amide bonds. The molecule has 0 spiro atoms. The maximum atomic E-state index is 11.0. The monoisotopic (exact) mass is 385 g/mol. The van der Waals surface area contributed by atoms with Crippen LogP contribution in [0, 0.1) is 17.0 Å². The Morgan fingerprint density at radius 1 is 1.32 bits per heavy atom. The lowest BCUT2D eigenvalue weighted by atomic mass is 10.2. The minimum Gasteiger partial charge on any atom is -0.334 e. The molecule has 0 aliphatic heterocycles. The van der Waals surface area contributed by atoms with Crippen LogP contribution in [0.1, 0.15) is 5.56 Å². The fraction of sp³-hybridized carbons (Fsp3) is 0.0833. The largest absolute Gasteiger partial charge is 0.334 e. The lowest BCUT2D eigenvalue weighted by Gasteiger charge is -2.08. The smallest absolute Gasteiger partial charge is 0.312 e. The second-order valence-corrected chi connectivity index (χ2v) is 5.64. The summed E-state index contributed by atoms with van der Waals surface area (Å²) >= 11 is 6.57. The average Bonchev–Trinajstić information content (AvgIpc) is 2.36. The first-order valence-electron chi connectivity index (χ1n) is 5.30. The van der Waals surface area contributed by atoms with Gasteiger partial charge in [-0.3, -0.25) is 10.1 Å². The lowest BCUT2D eigenvalue weighted by Crippen LogP contribution is -1.99. The van der Waals surface area contributed by atoms with Crippen LogP contribution in [0.2, 0.25) is 0 Å². The zero-order valence-electron chi connectivity index (χ0n) is 9.85. The van der Waals surface area contributed by atoms with Crippen molar-refractivity contribution in [1.82, 2.24) is 4.98 Å². The Hall–Kier alpha value is -1.47. The molecular weight excluding hydrogens is 378 g/mol. The molecule has 1 aromatic heterocycles. The molecule has 98 valence electrons. The first kappa shape index (κ1) is 14.0. The summed E-state index contributed by atoms with van der Waals surface area (Å²) in [6.07, 6.45) is 1.51. The van der Waals surface area contributed by atoms with E-state index in [-0.39, 0.29) is 11.5 Å². The summed E-state index contributed by atoms with van der Waals surface area (Å²) in [5.74, 6) is 0.218. The van der Waals surface area contributed by atoms with Crippen molar-refractivity contribution in [2.45, 2.75) is 6.92 Å². The highest BCUT2D eigenvalue weighted by molar-refractivity contribution is 9.10. The first-order valence-corrected chi connectivity index (χ1v) is 6.89. The predicted molar refractivity (Wildman–Crippen MR) is 80.8 cm³/mol. The van der Waals surface area contributed by atoms with Crippen molar-refractivity contribution in [3.8, 4) is 0 Å². The normalized spacial score (nSPS) is 10.3. The molecule has 2 aromatic rings. The number of hydrogen-bond donors (Lipinski definition) is 1. The molecule has 19 heavy (non-hydrogen) atoms. The third-order valence-corrected chi connectivity index (χ3v) is 3.78. The van der Waals surface area contributed by atoms with Crippen LogP contribution < -0.4 is 5.32 Å². The minimum absolute atomic E-state index is 0.0741. The fourth-order valence-electron chi connectivity index (χ4n) is 1.52. The average molecular weight is 387 g/mol. The van der Waals surface area contributed by atoms with Crippen LogP contribution >= 0.6 is 31.9 Å². The Morgan fingerprint density at radius 3 is 2.68 bits per heavy atom. The summed E-state index contributed by atoms with van der Waals surface area (Å²) < 4.78 is 1.55. The van der Waals surface area contributed by atoms with Crippen molar-refractivity contribution in [3.63, 3.8) is 0 Å². The van der Waals surface area contributed by atoms with Crippen LogP contribution in [0.4, 0.5) is 17.2 Å². The van der Waals surface area contributed by atoms with Gasteiger partial charge in [0.1, 0.15) is 0 Å². The molecule has 0 unspecified atom stereocenters. The number of aryl methyl sites for hydroxylation is 1. The zero-order chi connectivity index (χ0) is 14.0. The number of pyridine rings is 1. The molecule has 0 atom stereocenters. The Balaban J connectivity index is 2.37. The number of benzene rings is 1. The number of halogens is 2. The van der Waals surface area contributed by atoms with Crippen LogP contribution in [-0.2, 0) is 0 Å². The Morgan fingerprint density at radius 2 is 2.05 bits per heavy atom. The van der Waals surface area contributed by atoms with Gasteiger partial charge in [-0.1, -0.05) is 15.9 Å². The van der Waals surface area contributed by atoms with Gasteiger partial charge in [0.15, 0.2) is 0 Å². The van der Waals surface area contributed by atoms with E-state index >= 15 is 0 Å². The summed E-state index contributed by atoms with van der Waals surface area (Å²) in [6.45, 7) is 1.94. The van der Waals surface area contributed by atoms with Gasteiger partial charge in [0, 0.05) is 26.9 Å². The molecule has 0 saturated heterocycles. The van der Waals surface area contributed by atoms with Gasteiger partial charge in [-0.15, -0.1) is 0 Å². The Kier molecular flexibility index (Phi) is 4.16. The second kappa shape index (κ2) is 5.66. The molecule has 1 heterocycles. The summed E-state index contributed by atoms with van der Waals surface area (Å²) in [6, 6.07) is 7.01. The van der Waals surface area contributed by atoms with E-state index in [0.29, 0.717) is 4.47 Å². The standard InChI is InChI=1S/C12H9Br2N3O2/c1-7-4-9(2-3-10(7)14)16-12-11(17(18)19)5-8(13)6-15-12/h2-6H,1H3,(H,15,16). The predicted octanol–water partition coefficient (Wildman–Crippen LogP) is 4.57. The van der Waals surface area contributed by atoms with Gasteiger partial charge in [0.25, 0.3) is 0 Å². The van der Waals surface area contributed by atoms with Gasteiger partial charge in [-0.05, 0) is 46.6 Å². The maximum Gasteiger partial charge on any atom is 0.312 e.